The van der Waals surface area contributed by atoms with Crippen molar-refractivity contribution in [2.24, 2.45) is 0 Å². The highest BCUT2D eigenvalue weighted by atomic mass is 16.6. The second kappa shape index (κ2) is 6.73. The van der Waals surface area contributed by atoms with Gasteiger partial charge in [0.1, 0.15) is 0 Å². The molecule has 0 heterocycles. The number of carbonyl (C=O) groups is 1. The summed E-state index contributed by atoms with van der Waals surface area (Å²) in [4.78, 5) is 32.4. The minimum absolute atomic E-state index is 0.314. The van der Waals surface area contributed by atoms with Gasteiger partial charge in [-0.1, -0.05) is 30.3 Å². The van der Waals surface area contributed by atoms with Crippen LogP contribution in [0, 0.1) is 27.2 Å². The molecule has 0 aliphatic heterocycles. The van der Waals surface area contributed by atoms with Gasteiger partial charge in [0.05, 0.1) is 9.85 Å². The number of nitrogens with zero attached hydrogens (tertiary/aromatic N) is 2. The van der Waals surface area contributed by atoms with Crippen LogP contribution in [-0.4, -0.2) is 20.9 Å². The standard InChI is InChI=1S/C15H13N3O6/c1-9-7-11(17(21)22)14(12(8-9)18(23)24)16-13(15(19)20)10-5-3-2-4-6-10/h2-8,13,16H,1H3,(H,19,20)/t13-/m0/s1. The van der Waals surface area contributed by atoms with Crippen LogP contribution in [0.1, 0.15) is 17.2 Å². The molecule has 0 aliphatic carbocycles. The number of aliphatic carboxylic acids is 1. The highest BCUT2D eigenvalue weighted by molar-refractivity contribution is 5.84. The molecule has 0 aromatic heterocycles. The fraction of sp³-hybridized carbons (Fsp3) is 0.133. The molecule has 0 radical (unpaired) electrons. The Morgan fingerprint density at radius 1 is 1.08 bits per heavy atom. The summed E-state index contributed by atoms with van der Waals surface area (Å²) in [5.74, 6) is -1.31. The summed E-state index contributed by atoms with van der Waals surface area (Å²) in [5.41, 5.74) is -0.903. The zero-order chi connectivity index (χ0) is 17.9. The molecule has 9 heteroatoms. The Kier molecular flexibility index (Phi) is 4.73. The number of hydrogen-bond donors (Lipinski definition) is 2. The molecule has 124 valence electrons. The maximum Gasteiger partial charge on any atom is 0.330 e. The van der Waals surface area contributed by atoms with Crippen LogP contribution in [0.3, 0.4) is 0 Å². The number of nitrogens with one attached hydrogen (secondary N) is 1. The monoisotopic (exact) mass is 331 g/mol. The number of hydrogen-bond acceptors (Lipinski definition) is 6. The van der Waals surface area contributed by atoms with E-state index in [-0.39, 0.29) is 0 Å². The summed E-state index contributed by atoms with van der Waals surface area (Å²) in [6.45, 7) is 1.48. The number of nitro benzene ring substituents is 2. The van der Waals surface area contributed by atoms with Crippen molar-refractivity contribution in [3.63, 3.8) is 0 Å². The Hall–Kier alpha value is -3.49. The molecular formula is C15H13N3O6. The largest absolute Gasteiger partial charge is 0.479 e. The molecule has 0 unspecified atom stereocenters. The van der Waals surface area contributed by atoms with Gasteiger partial charge in [-0.25, -0.2) is 4.79 Å². The number of rotatable bonds is 6. The van der Waals surface area contributed by atoms with Crippen molar-refractivity contribution in [2.75, 3.05) is 5.32 Å². The third-order valence-electron chi connectivity index (χ3n) is 3.30. The molecule has 0 saturated carbocycles. The highest BCUT2D eigenvalue weighted by Crippen LogP contribution is 2.37. The van der Waals surface area contributed by atoms with Gasteiger partial charge in [0, 0.05) is 12.1 Å². The Bertz CT molecular complexity index is 771. The van der Waals surface area contributed by atoms with E-state index in [4.69, 9.17) is 0 Å². The summed E-state index contributed by atoms with van der Waals surface area (Å²) in [7, 11) is 0. The van der Waals surface area contributed by atoms with Gasteiger partial charge in [-0.3, -0.25) is 20.2 Å². The first-order valence-corrected chi connectivity index (χ1v) is 6.79. The number of nitro groups is 2. The van der Waals surface area contributed by atoms with Crippen molar-refractivity contribution < 1.29 is 19.7 Å². The van der Waals surface area contributed by atoms with Gasteiger partial charge >= 0.3 is 5.97 Å². The van der Waals surface area contributed by atoms with Gasteiger partial charge in [-0.15, -0.1) is 0 Å². The van der Waals surface area contributed by atoms with Crippen molar-refractivity contribution in [1.82, 2.24) is 0 Å². The fourth-order valence-corrected chi connectivity index (χ4v) is 2.26. The quantitative estimate of drug-likeness (QED) is 0.613. The normalized spacial score (nSPS) is 11.5. The second-order valence-electron chi connectivity index (χ2n) is 5.02. The lowest BCUT2D eigenvalue weighted by Crippen LogP contribution is -2.21. The molecule has 0 bridgehead atoms. The van der Waals surface area contributed by atoms with Gasteiger partial charge in [0.15, 0.2) is 11.7 Å². The van der Waals surface area contributed by atoms with E-state index in [2.05, 4.69) is 5.32 Å². The lowest BCUT2D eigenvalue weighted by molar-refractivity contribution is -0.392. The molecule has 0 saturated heterocycles. The lowest BCUT2D eigenvalue weighted by atomic mass is 10.1. The average Bonchev–Trinajstić information content (AvgIpc) is 2.53. The van der Waals surface area contributed by atoms with Crippen LogP contribution in [0.5, 0.6) is 0 Å². The van der Waals surface area contributed by atoms with E-state index in [1.54, 1.807) is 18.2 Å². The Morgan fingerprint density at radius 3 is 2.00 bits per heavy atom. The van der Waals surface area contributed by atoms with Gasteiger partial charge in [-0.2, -0.15) is 0 Å². The molecule has 2 rings (SSSR count). The van der Waals surface area contributed by atoms with E-state index >= 15 is 0 Å². The van der Waals surface area contributed by atoms with Crippen molar-refractivity contribution in [3.05, 3.63) is 73.8 Å². The first kappa shape index (κ1) is 16.9. The number of anilines is 1. The predicted molar refractivity (Wildman–Crippen MR) is 84.9 cm³/mol. The van der Waals surface area contributed by atoms with Gasteiger partial charge in [0.2, 0.25) is 0 Å². The van der Waals surface area contributed by atoms with Crippen molar-refractivity contribution in [2.45, 2.75) is 13.0 Å². The summed E-state index contributed by atoms with van der Waals surface area (Å²) >= 11 is 0. The maximum atomic E-state index is 11.5. The van der Waals surface area contributed by atoms with Gasteiger partial charge in [-0.05, 0) is 18.1 Å². The van der Waals surface area contributed by atoms with Crippen molar-refractivity contribution >= 4 is 23.0 Å². The topological polar surface area (TPSA) is 136 Å². The molecule has 24 heavy (non-hydrogen) atoms. The molecule has 0 amide bonds. The second-order valence-corrected chi connectivity index (χ2v) is 5.02. The molecule has 9 nitrogen and oxygen atoms in total. The molecule has 2 aromatic carbocycles. The van der Waals surface area contributed by atoms with Crippen LogP contribution < -0.4 is 5.32 Å². The van der Waals surface area contributed by atoms with E-state index in [0.717, 1.165) is 12.1 Å². The van der Waals surface area contributed by atoms with Crippen LogP contribution in [0.2, 0.25) is 0 Å². The third-order valence-corrected chi connectivity index (χ3v) is 3.30. The van der Waals surface area contributed by atoms with Crippen LogP contribution >= 0.6 is 0 Å². The van der Waals surface area contributed by atoms with Crippen LogP contribution in [-0.2, 0) is 4.79 Å². The molecule has 2 N–H and O–H groups in total. The molecule has 0 aliphatic rings. The molecular weight excluding hydrogens is 318 g/mol. The zero-order valence-corrected chi connectivity index (χ0v) is 12.5. The molecule has 0 spiro atoms. The first-order valence-electron chi connectivity index (χ1n) is 6.79. The Balaban J connectivity index is 2.59. The number of carboxylic acids is 1. The van der Waals surface area contributed by atoms with Crippen molar-refractivity contribution in [1.29, 1.82) is 0 Å². The Morgan fingerprint density at radius 2 is 1.58 bits per heavy atom. The van der Waals surface area contributed by atoms with Crippen LogP contribution in [0.15, 0.2) is 42.5 Å². The number of benzene rings is 2. The van der Waals surface area contributed by atoms with E-state index in [0.29, 0.717) is 11.1 Å². The number of carboxylic acid groups (broad SMARTS) is 1. The third kappa shape index (κ3) is 3.46. The fourth-order valence-electron chi connectivity index (χ4n) is 2.26. The highest BCUT2D eigenvalue weighted by Gasteiger charge is 2.30. The maximum absolute atomic E-state index is 11.5. The van der Waals surface area contributed by atoms with E-state index in [9.17, 15) is 30.1 Å². The summed E-state index contributed by atoms with van der Waals surface area (Å²) in [6, 6.07) is 8.84. The minimum atomic E-state index is -1.37. The Labute approximate surface area is 135 Å². The van der Waals surface area contributed by atoms with E-state index < -0.39 is 38.9 Å². The molecule has 2 aromatic rings. The average molecular weight is 331 g/mol. The van der Waals surface area contributed by atoms with E-state index in [1.807, 2.05) is 0 Å². The van der Waals surface area contributed by atoms with Crippen molar-refractivity contribution in [3.8, 4) is 0 Å². The van der Waals surface area contributed by atoms with Crippen LogP contribution in [0.4, 0.5) is 17.1 Å². The summed E-state index contributed by atoms with van der Waals surface area (Å²) < 4.78 is 0. The smallest absolute Gasteiger partial charge is 0.330 e. The zero-order valence-electron chi connectivity index (χ0n) is 12.5. The van der Waals surface area contributed by atoms with E-state index in [1.165, 1.54) is 19.1 Å². The SMILES string of the molecule is Cc1cc([N+](=O)[O-])c(N[C@H](C(=O)O)c2ccccc2)c([N+](=O)[O-])c1. The predicted octanol–water partition coefficient (Wildman–Crippen LogP) is 3.05. The molecule has 1 atom stereocenters. The molecule has 0 fully saturated rings. The number of aryl methyl sites for hydroxylation is 1. The van der Waals surface area contributed by atoms with Crippen LogP contribution in [0.25, 0.3) is 0 Å². The first-order chi connectivity index (χ1) is 11.3. The minimum Gasteiger partial charge on any atom is -0.479 e. The summed E-state index contributed by atoms with van der Waals surface area (Å²) in [6.07, 6.45) is 0. The van der Waals surface area contributed by atoms with Gasteiger partial charge < -0.3 is 10.4 Å². The summed E-state index contributed by atoms with van der Waals surface area (Å²) in [5, 5.41) is 34.3. The lowest BCUT2D eigenvalue weighted by Gasteiger charge is -2.16. The van der Waals surface area contributed by atoms with Gasteiger partial charge in [0.25, 0.3) is 11.4 Å².